The number of H-pyrrole nitrogens is 1. The number of aromatic nitrogens is 1. The summed E-state index contributed by atoms with van der Waals surface area (Å²) in [6.07, 6.45) is -0.672. The summed E-state index contributed by atoms with van der Waals surface area (Å²) < 4.78 is 5.93. The Bertz CT molecular complexity index is 919. The number of ether oxygens (including phenoxy) is 1. The molecule has 0 saturated heterocycles. The van der Waals surface area contributed by atoms with Crippen LogP contribution in [0.15, 0.2) is 59.4 Å². The van der Waals surface area contributed by atoms with E-state index in [0.29, 0.717) is 24.4 Å². The molecule has 3 N–H and O–H groups in total. The van der Waals surface area contributed by atoms with Gasteiger partial charge in [-0.25, -0.2) is 0 Å². The third-order valence-electron chi connectivity index (χ3n) is 4.21. The highest BCUT2D eigenvalue weighted by molar-refractivity contribution is 5.87. The standard InChI is InChI=1S/C21H24N2O3/c1-14(2)22-12-18(24)16-8-10-19(21-17(16)9-11-20(25)23-21)26-13-15-6-4-3-5-7-15/h3-11,14,18,22,24H,12-13H2,1-2H3,(H,23,25). The van der Waals surface area contributed by atoms with Crippen LogP contribution < -0.4 is 15.6 Å². The maximum atomic E-state index is 11.8. The van der Waals surface area contributed by atoms with E-state index in [-0.39, 0.29) is 11.6 Å². The third-order valence-corrected chi connectivity index (χ3v) is 4.21. The fraction of sp³-hybridized carbons (Fsp3) is 0.286. The van der Waals surface area contributed by atoms with Gasteiger partial charge in [0.1, 0.15) is 12.4 Å². The molecular formula is C21H24N2O3. The van der Waals surface area contributed by atoms with Gasteiger partial charge in [0.05, 0.1) is 11.6 Å². The number of aliphatic hydroxyl groups is 1. The molecule has 26 heavy (non-hydrogen) atoms. The van der Waals surface area contributed by atoms with Crippen molar-refractivity contribution in [2.75, 3.05) is 6.54 Å². The SMILES string of the molecule is CC(C)NCC(O)c1ccc(OCc2ccccc2)c2[nH]c(=O)ccc12. The van der Waals surface area contributed by atoms with Crippen molar-refractivity contribution in [2.45, 2.75) is 32.6 Å². The molecule has 5 nitrogen and oxygen atoms in total. The molecule has 0 fully saturated rings. The molecule has 0 aliphatic carbocycles. The zero-order chi connectivity index (χ0) is 18.5. The second-order valence-corrected chi connectivity index (χ2v) is 6.62. The second kappa shape index (κ2) is 8.17. The molecule has 1 aromatic heterocycles. The van der Waals surface area contributed by atoms with Crippen molar-refractivity contribution in [2.24, 2.45) is 0 Å². The number of fused-ring (bicyclic) bond motifs is 1. The molecule has 0 spiro atoms. The van der Waals surface area contributed by atoms with Crippen molar-refractivity contribution in [1.29, 1.82) is 0 Å². The van der Waals surface area contributed by atoms with Crippen LogP contribution in [-0.4, -0.2) is 22.7 Å². The van der Waals surface area contributed by atoms with Crippen molar-refractivity contribution in [3.63, 3.8) is 0 Å². The number of aliphatic hydroxyl groups excluding tert-OH is 1. The summed E-state index contributed by atoms with van der Waals surface area (Å²) in [6, 6.07) is 17.0. The van der Waals surface area contributed by atoms with Crippen LogP contribution in [0.2, 0.25) is 0 Å². The van der Waals surface area contributed by atoms with Gasteiger partial charge in [-0.1, -0.05) is 50.2 Å². The molecule has 0 radical (unpaired) electrons. The first kappa shape index (κ1) is 18.2. The van der Waals surface area contributed by atoms with Gasteiger partial charge in [0.15, 0.2) is 0 Å². The minimum atomic E-state index is -0.672. The number of nitrogens with one attached hydrogen (secondary N) is 2. The Balaban J connectivity index is 1.92. The first-order chi connectivity index (χ1) is 12.5. The summed E-state index contributed by atoms with van der Waals surface area (Å²) in [4.78, 5) is 14.7. The summed E-state index contributed by atoms with van der Waals surface area (Å²) in [5.41, 5.74) is 2.21. The Kier molecular flexibility index (Phi) is 5.71. The Morgan fingerprint density at radius 2 is 1.85 bits per heavy atom. The van der Waals surface area contributed by atoms with Gasteiger partial charge in [-0.3, -0.25) is 4.79 Å². The van der Waals surface area contributed by atoms with Crippen LogP contribution in [0.1, 0.15) is 31.1 Å². The largest absolute Gasteiger partial charge is 0.487 e. The molecule has 0 aliphatic rings. The van der Waals surface area contributed by atoms with Crippen LogP contribution in [-0.2, 0) is 6.61 Å². The molecule has 1 heterocycles. The number of hydrogen-bond acceptors (Lipinski definition) is 4. The monoisotopic (exact) mass is 352 g/mol. The van der Waals surface area contributed by atoms with Crippen LogP contribution in [0.25, 0.3) is 10.9 Å². The minimum Gasteiger partial charge on any atom is -0.487 e. The topological polar surface area (TPSA) is 74.3 Å². The highest BCUT2D eigenvalue weighted by atomic mass is 16.5. The summed E-state index contributed by atoms with van der Waals surface area (Å²) in [5, 5.41) is 14.6. The van der Waals surface area contributed by atoms with Crippen molar-refractivity contribution >= 4 is 10.9 Å². The fourth-order valence-corrected chi connectivity index (χ4v) is 2.85. The lowest BCUT2D eigenvalue weighted by atomic mass is 10.0. The smallest absolute Gasteiger partial charge is 0.248 e. The second-order valence-electron chi connectivity index (χ2n) is 6.62. The number of rotatable bonds is 7. The lowest BCUT2D eigenvalue weighted by Crippen LogP contribution is -2.28. The van der Waals surface area contributed by atoms with Gasteiger partial charge in [0, 0.05) is 24.0 Å². The van der Waals surface area contributed by atoms with Gasteiger partial charge in [-0.15, -0.1) is 0 Å². The Morgan fingerprint density at radius 3 is 2.58 bits per heavy atom. The maximum Gasteiger partial charge on any atom is 0.248 e. The molecule has 0 saturated carbocycles. The van der Waals surface area contributed by atoms with Gasteiger partial charge in [-0.2, -0.15) is 0 Å². The van der Waals surface area contributed by atoms with E-state index in [2.05, 4.69) is 10.3 Å². The molecule has 1 unspecified atom stereocenters. The zero-order valence-electron chi connectivity index (χ0n) is 15.0. The van der Waals surface area contributed by atoms with E-state index in [4.69, 9.17) is 4.74 Å². The first-order valence-corrected chi connectivity index (χ1v) is 8.78. The van der Waals surface area contributed by atoms with Crippen LogP contribution in [0.3, 0.4) is 0 Å². The van der Waals surface area contributed by atoms with Crippen molar-refractivity contribution in [3.8, 4) is 5.75 Å². The average molecular weight is 352 g/mol. The fourth-order valence-electron chi connectivity index (χ4n) is 2.85. The van der Waals surface area contributed by atoms with Crippen LogP contribution in [0, 0.1) is 0 Å². The summed E-state index contributed by atoms with van der Waals surface area (Å²) in [7, 11) is 0. The molecule has 136 valence electrons. The lowest BCUT2D eigenvalue weighted by molar-refractivity contribution is 0.173. The first-order valence-electron chi connectivity index (χ1n) is 8.78. The van der Waals surface area contributed by atoms with Gasteiger partial charge in [0.2, 0.25) is 5.56 Å². The Hall–Kier alpha value is -2.63. The highest BCUT2D eigenvalue weighted by Gasteiger charge is 2.15. The Morgan fingerprint density at radius 1 is 1.08 bits per heavy atom. The predicted octanol–water partition coefficient (Wildman–Crippen LogP) is 3.14. The molecule has 0 aliphatic heterocycles. The Labute approximate surface area is 152 Å². The molecule has 0 amide bonds. The van der Waals surface area contributed by atoms with Crippen LogP contribution in [0.5, 0.6) is 5.75 Å². The molecular weight excluding hydrogens is 328 g/mol. The van der Waals surface area contributed by atoms with E-state index < -0.39 is 6.10 Å². The number of hydrogen-bond donors (Lipinski definition) is 3. The van der Waals surface area contributed by atoms with Crippen LogP contribution >= 0.6 is 0 Å². The van der Waals surface area contributed by atoms with E-state index in [1.807, 2.05) is 50.2 Å². The molecule has 3 aromatic rings. The molecule has 3 rings (SSSR count). The van der Waals surface area contributed by atoms with E-state index in [1.165, 1.54) is 6.07 Å². The van der Waals surface area contributed by atoms with E-state index in [1.54, 1.807) is 12.1 Å². The van der Waals surface area contributed by atoms with Gasteiger partial charge < -0.3 is 20.1 Å². The lowest BCUT2D eigenvalue weighted by Gasteiger charge is -2.18. The van der Waals surface area contributed by atoms with Gasteiger partial charge >= 0.3 is 0 Å². The number of aromatic amines is 1. The number of pyridine rings is 1. The minimum absolute atomic E-state index is 0.200. The molecule has 2 aromatic carbocycles. The molecule has 0 bridgehead atoms. The highest BCUT2D eigenvalue weighted by Crippen LogP contribution is 2.30. The third kappa shape index (κ3) is 4.31. The quantitative estimate of drug-likeness (QED) is 0.611. The molecule has 5 heteroatoms. The predicted molar refractivity (Wildman–Crippen MR) is 103 cm³/mol. The summed E-state index contributed by atoms with van der Waals surface area (Å²) in [5.74, 6) is 0.592. The summed E-state index contributed by atoms with van der Waals surface area (Å²) in [6.45, 7) is 4.91. The van der Waals surface area contributed by atoms with E-state index in [9.17, 15) is 9.90 Å². The number of benzene rings is 2. The summed E-state index contributed by atoms with van der Waals surface area (Å²) >= 11 is 0. The van der Waals surface area contributed by atoms with Crippen LogP contribution in [0.4, 0.5) is 0 Å². The van der Waals surface area contributed by atoms with Gasteiger partial charge in [-0.05, 0) is 23.3 Å². The van der Waals surface area contributed by atoms with Crippen molar-refractivity contribution in [3.05, 3.63) is 76.1 Å². The van der Waals surface area contributed by atoms with Crippen molar-refractivity contribution < 1.29 is 9.84 Å². The normalized spacial score (nSPS) is 12.5. The van der Waals surface area contributed by atoms with E-state index >= 15 is 0 Å². The maximum absolute atomic E-state index is 11.8. The average Bonchev–Trinajstić information content (AvgIpc) is 2.64. The van der Waals surface area contributed by atoms with Crippen molar-refractivity contribution in [1.82, 2.24) is 10.3 Å². The molecule has 1 atom stereocenters. The van der Waals surface area contributed by atoms with Gasteiger partial charge in [0.25, 0.3) is 0 Å². The zero-order valence-corrected chi connectivity index (χ0v) is 15.0. The van der Waals surface area contributed by atoms with E-state index in [0.717, 1.165) is 16.5 Å².